The van der Waals surface area contributed by atoms with Gasteiger partial charge in [0.25, 0.3) is 11.8 Å². The van der Waals surface area contributed by atoms with Crippen LogP contribution in [-0.4, -0.2) is 51.1 Å². The van der Waals surface area contributed by atoms with Crippen LogP contribution in [-0.2, 0) is 20.4 Å². The van der Waals surface area contributed by atoms with E-state index in [-0.39, 0.29) is 23.3 Å². The Bertz CT molecular complexity index is 1020. The lowest BCUT2D eigenvalue weighted by molar-refractivity contribution is -0.132. The monoisotopic (exact) mass is 452 g/mol. The number of hydrogen-bond donors (Lipinski definition) is 1. The molecule has 0 spiro atoms. The third-order valence-electron chi connectivity index (χ3n) is 4.28. The molecule has 2 amide bonds. The van der Waals surface area contributed by atoms with E-state index in [0.717, 1.165) is 6.26 Å². The molecule has 0 aromatic heterocycles. The van der Waals surface area contributed by atoms with Crippen LogP contribution < -0.4 is 10.1 Å². The number of rotatable bonds is 9. The maximum Gasteiger partial charge on any atom is 0.260 e. The van der Waals surface area contributed by atoms with Crippen LogP contribution in [0, 0.1) is 0 Å². The summed E-state index contributed by atoms with van der Waals surface area (Å²) in [7, 11) is -3.20. The first-order valence-corrected chi connectivity index (χ1v) is 11.8. The first-order chi connectivity index (χ1) is 14.1. The summed E-state index contributed by atoms with van der Waals surface area (Å²) in [6, 6.07) is 11.1. The molecule has 0 aliphatic heterocycles. The number of nitrogens with one attached hydrogen (secondary N) is 1. The Hall–Kier alpha value is -2.58. The minimum absolute atomic E-state index is 0.125. The van der Waals surface area contributed by atoms with Crippen molar-refractivity contribution in [2.45, 2.75) is 19.6 Å². The number of likely N-dealkylation sites (N-methyl/N-ethyl adjacent to an activating group) is 1. The molecule has 30 heavy (non-hydrogen) atoms. The van der Waals surface area contributed by atoms with E-state index in [4.69, 9.17) is 16.3 Å². The molecule has 0 saturated carbocycles. The smallest absolute Gasteiger partial charge is 0.260 e. The molecule has 2 aromatic carbocycles. The average Bonchev–Trinajstić information content (AvgIpc) is 2.67. The van der Waals surface area contributed by atoms with Crippen molar-refractivity contribution in [3.8, 4) is 5.75 Å². The Morgan fingerprint density at radius 3 is 2.40 bits per heavy atom. The van der Waals surface area contributed by atoms with Gasteiger partial charge >= 0.3 is 0 Å². The number of amides is 2. The van der Waals surface area contributed by atoms with E-state index in [1.54, 1.807) is 35.2 Å². The number of carbonyl (C=O) groups is 2. The van der Waals surface area contributed by atoms with Gasteiger partial charge in [-0.2, -0.15) is 0 Å². The predicted octanol–water partition coefficient (Wildman–Crippen LogP) is 3.38. The van der Waals surface area contributed by atoms with Crippen LogP contribution in [0.25, 0.3) is 0 Å². The van der Waals surface area contributed by atoms with E-state index in [9.17, 15) is 18.0 Å². The molecule has 7 nitrogen and oxygen atoms in total. The van der Waals surface area contributed by atoms with E-state index in [0.29, 0.717) is 35.7 Å². The van der Waals surface area contributed by atoms with Gasteiger partial charge in [-0.05, 0) is 49.7 Å². The van der Waals surface area contributed by atoms with Crippen molar-refractivity contribution in [3.63, 3.8) is 0 Å². The minimum atomic E-state index is -3.20. The maximum absolute atomic E-state index is 12.5. The summed E-state index contributed by atoms with van der Waals surface area (Å²) in [4.78, 5) is 26.2. The normalized spacial score (nSPS) is 11.1. The van der Waals surface area contributed by atoms with Gasteiger partial charge in [-0.15, -0.1) is 0 Å². The van der Waals surface area contributed by atoms with Crippen LogP contribution in [0.3, 0.4) is 0 Å². The molecule has 0 fully saturated rings. The Balaban J connectivity index is 2.04. The number of benzene rings is 2. The molecule has 0 aliphatic rings. The lowest BCUT2D eigenvalue weighted by Gasteiger charge is -2.19. The Labute approximate surface area is 181 Å². The standard InChI is InChI=1S/C21H25ClN2O5S/c1-4-24(5-2)20(25)13-29-19-10-9-17(12-18(19)22)23-21(26)16-8-6-7-15(11-16)14-30(3,27)28/h6-12H,4-5,13-14H2,1-3H3,(H,23,26). The second kappa shape index (κ2) is 10.4. The second-order valence-electron chi connectivity index (χ2n) is 6.72. The third-order valence-corrected chi connectivity index (χ3v) is 5.43. The third kappa shape index (κ3) is 7.03. The molecule has 0 radical (unpaired) electrons. The van der Waals surface area contributed by atoms with Crippen molar-refractivity contribution in [1.29, 1.82) is 0 Å². The Kier molecular flexibility index (Phi) is 8.25. The molecule has 2 aromatic rings. The lowest BCUT2D eigenvalue weighted by atomic mass is 10.1. The SMILES string of the molecule is CCN(CC)C(=O)COc1ccc(NC(=O)c2cccc(CS(C)(=O)=O)c2)cc1Cl. The largest absolute Gasteiger partial charge is 0.482 e. The van der Waals surface area contributed by atoms with Gasteiger partial charge in [-0.25, -0.2) is 8.42 Å². The molecule has 0 unspecified atom stereocenters. The van der Waals surface area contributed by atoms with Gasteiger partial charge in [-0.3, -0.25) is 9.59 Å². The van der Waals surface area contributed by atoms with Crippen molar-refractivity contribution in [1.82, 2.24) is 4.90 Å². The predicted molar refractivity (Wildman–Crippen MR) is 118 cm³/mol. The van der Waals surface area contributed by atoms with Crippen LogP contribution in [0.2, 0.25) is 5.02 Å². The van der Waals surface area contributed by atoms with E-state index in [2.05, 4.69) is 5.32 Å². The van der Waals surface area contributed by atoms with Crippen LogP contribution >= 0.6 is 11.6 Å². The lowest BCUT2D eigenvalue weighted by Crippen LogP contribution is -2.34. The van der Waals surface area contributed by atoms with Gasteiger partial charge in [0.05, 0.1) is 10.8 Å². The molecule has 0 atom stereocenters. The van der Waals surface area contributed by atoms with Crippen LogP contribution in [0.15, 0.2) is 42.5 Å². The number of anilines is 1. The number of sulfone groups is 1. The number of nitrogens with zero attached hydrogens (tertiary/aromatic N) is 1. The number of carbonyl (C=O) groups excluding carboxylic acids is 2. The summed E-state index contributed by atoms with van der Waals surface area (Å²) >= 11 is 6.22. The number of hydrogen-bond acceptors (Lipinski definition) is 5. The molecular formula is C21H25ClN2O5S. The average molecular weight is 453 g/mol. The highest BCUT2D eigenvalue weighted by atomic mass is 35.5. The van der Waals surface area contributed by atoms with Crippen LogP contribution in [0.4, 0.5) is 5.69 Å². The Morgan fingerprint density at radius 1 is 1.10 bits per heavy atom. The van der Waals surface area contributed by atoms with E-state index >= 15 is 0 Å². The van der Waals surface area contributed by atoms with Gasteiger partial charge in [0.2, 0.25) is 0 Å². The summed E-state index contributed by atoms with van der Waals surface area (Å²) in [5.74, 6) is -0.336. The molecule has 0 aliphatic carbocycles. The zero-order valence-electron chi connectivity index (χ0n) is 17.1. The fraction of sp³-hybridized carbons (Fsp3) is 0.333. The van der Waals surface area contributed by atoms with Crippen molar-refractivity contribution in [3.05, 3.63) is 58.6 Å². The molecule has 0 saturated heterocycles. The van der Waals surface area contributed by atoms with E-state index in [1.165, 1.54) is 12.1 Å². The van der Waals surface area contributed by atoms with Crippen molar-refractivity contribution < 1.29 is 22.7 Å². The van der Waals surface area contributed by atoms with Gasteiger partial charge in [0, 0.05) is 30.6 Å². The van der Waals surface area contributed by atoms with Gasteiger partial charge in [0.15, 0.2) is 16.4 Å². The highest BCUT2D eigenvalue weighted by Gasteiger charge is 2.13. The quantitative estimate of drug-likeness (QED) is 0.629. The summed E-state index contributed by atoms with van der Waals surface area (Å²) < 4.78 is 28.4. The van der Waals surface area contributed by atoms with Gasteiger partial charge in [-0.1, -0.05) is 23.7 Å². The van der Waals surface area contributed by atoms with Crippen LogP contribution in [0.1, 0.15) is 29.8 Å². The zero-order chi connectivity index (χ0) is 22.3. The summed E-state index contributed by atoms with van der Waals surface area (Å²) in [5.41, 5.74) is 1.31. The molecule has 9 heteroatoms. The van der Waals surface area contributed by atoms with Crippen LogP contribution in [0.5, 0.6) is 5.75 Å². The number of halogens is 1. The van der Waals surface area contributed by atoms with Crippen molar-refractivity contribution in [2.24, 2.45) is 0 Å². The molecule has 162 valence electrons. The van der Waals surface area contributed by atoms with Gasteiger partial charge in [0.1, 0.15) is 5.75 Å². The first-order valence-electron chi connectivity index (χ1n) is 9.41. The highest BCUT2D eigenvalue weighted by molar-refractivity contribution is 7.89. The van der Waals surface area contributed by atoms with Crippen molar-refractivity contribution >= 4 is 38.9 Å². The highest BCUT2D eigenvalue weighted by Crippen LogP contribution is 2.28. The fourth-order valence-electron chi connectivity index (χ4n) is 2.81. The zero-order valence-corrected chi connectivity index (χ0v) is 18.7. The van der Waals surface area contributed by atoms with E-state index in [1.807, 2.05) is 13.8 Å². The minimum Gasteiger partial charge on any atom is -0.482 e. The summed E-state index contributed by atoms with van der Waals surface area (Å²) in [6.45, 7) is 4.86. The first kappa shape index (κ1) is 23.7. The summed E-state index contributed by atoms with van der Waals surface area (Å²) in [5, 5.41) is 2.97. The Morgan fingerprint density at radius 2 is 1.80 bits per heavy atom. The molecule has 2 rings (SSSR count). The topological polar surface area (TPSA) is 92.8 Å². The molecule has 0 bridgehead atoms. The summed E-state index contributed by atoms with van der Waals surface area (Å²) in [6.07, 6.45) is 1.14. The maximum atomic E-state index is 12.5. The van der Waals surface area contributed by atoms with Crippen molar-refractivity contribution in [2.75, 3.05) is 31.3 Å². The molecule has 0 heterocycles. The fourth-order valence-corrected chi connectivity index (χ4v) is 3.83. The van der Waals surface area contributed by atoms with E-state index < -0.39 is 15.7 Å². The number of ether oxygens (including phenoxy) is 1. The molecule has 1 N–H and O–H groups in total. The van der Waals surface area contributed by atoms with Gasteiger partial charge < -0.3 is 15.0 Å². The molecular weight excluding hydrogens is 428 g/mol. The second-order valence-corrected chi connectivity index (χ2v) is 9.27.